The van der Waals surface area contributed by atoms with Crippen LogP contribution in [0.3, 0.4) is 0 Å². The number of benzene rings is 1. The molecule has 1 aromatic carbocycles. The van der Waals surface area contributed by atoms with Gasteiger partial charge in [-0.1, -0.05) is 35.5 Å². The summed E-state index contributed by atoms with van der Waals surface area (Å²) >= 11 is 1.18. The van der Waals surface area contributed by atoms with Crippen molar-refractivity contribution in [1.82, 2.24) is 4.98 Å². The molecule has 156 valence electrons. The normalized spacial score (nSPS) is 10.7. The molecule has 7 heteroatoms. The lowest BCUT2D eigenvalue weighted by Gasteiger charge is -2.12. The van der Waals surface area contributed by atoms with Gasteiger partial charge in [-0.2, -0.15) is 0 Å². The highest BCUT2D eigenvalue weighted by Gasteiger charge is 2.18. The van der Waals surface area contributed by atoms with Gasteiger partial charge in [-0.25, -0.2) is 4.98 Å². The highest BCUT2D eigenvalue weighted by molar-refractivity contribution is 7.17. The van der Waals surface area contributed by atoms with Crippen LogP contribution < -0.4 is 10.6 Å². The Morgan fingerprint density at radius 3 is 2.17 bits per heavy atom. The Kier molecular flexibility index (Phi) is 8.08. The van der Waals surface area contributed by atoms with E-state index in [1.54, 1.807) is 13.8 Å². The van der Waals surface area contributed by atoms with E-state index in [0.29, 0.717) is 28.5 Å². The van der Waals surface area contributed by atoms with Crippen LogP contribution in [0.4, 0.5) is 10.8 Å². The molecule has 0 fully saturated rings. The molecular weight excluding hydrogens is 386 g/mol. The average Bonchev–Trinajstić information content (AvgIpc) is 2.97. The van der Waals surface area contributed by atoms with Crippen LogP contribution >= 0.6 is 11.3 Å². The zero-order chi connectivity index (χ0) is 21.6. The van der Waals surface area contributed by atoms with Gasteiger partial charge in [0.05, 0.1) is 5.69 Å². The number of nitrogens with one attached hydrogen (secondary N) is 2. The molecule has 1 aromatic heterocycles. The van der Waals surface area contributed by atoms with Crippen molar-refractivity contribution in [1.29, 1.82) is 0 Å². The minimum atomic E-state index is -0.222. The summed E-state index contributed by atoms with van der Waals surface area (Å²) in [4.78, 5) is 40.6. The first-order valence-electron chi connectivity index (χ1n) is 9.83. The molecular formula is C22H29N3O3S. The molecule has 2 N–H and O–H groups in total. The molecule has 0 aliphatic rings. The van der Waals surface area contributed by atoms with Gasteiger partial charge in [0, 0.05) is 18.5 Å². The summed E-state index contributed by atoms with van der Waals surface area (Å²) in [5, 5.41) is 6.18. The summed E-state index contributed by atoms with van der Waals surface area (Å²) < 4.78 is 0. The van der Waals surface area contributed by atoms with E-state index in [2.05, 4.69) is 15.6 Å². The van der Waals surface area contributed by atoms with Gasteiger partial charge in [-0.05, 0) is 58.6 Å². The van der Waals surface area contributed by atoms with Gasteiger partial charge in [0.1, 0.15) is 10.7 Å². The smallest absolute Gasteiger partial charge is 0.267 e. The van der Waals surface area contributed by atoms with E-state index in [1.165, 1.54) is 11.3 Å². The molecule has 0 unspecified atom stereocenters. The van der Waals surface area contributed by atoms with E-state index >= 15 is 0 Å². The minimum Gasteiger partial charge on any atom is -0.321 e. The summed E-state index contributed by atoms with van der Waals surface area (Å²) in [6.45, 7) is 9.30. The number of hydrogen-bond acceptors (Lipinski definition) is 5. The van der Waals surface area contributed by atoms with Gasteiger partial charge in [0.15, 0.2) is 5.13 Å². The largest absolute Gasteiger partial charge is 0.321 e. The number of ketones is 1. The van der Waals surface area contributed by atoms with Crippen LogP contribution in [-0.4, -0.2) is 22.6 Å². The van der Waals surface area contributed by atoms with Crippen LogP contribution in [0.1, 0.15) is 71.1 Å². The topological polar surface area (TPSA) is 88.2 Å². The maximum absolute atomic E-state index is 12.7. The number of anilines is 2. The Bertz CT molecular complexity index is 895. The third kappa shape index (κ3) is 6.78. The summed E-state index contributed by atoms with van der Waals surface area (Å²) in [5.41, 5.74) is 4.57. The zero-order valence-electron chi connectivity index (χ0n) is 17.8. The molecule has 0 saturated carbocycles. The maximum atomic E-state index is 12.7. The lowest BCUT2D eigenvalue weighted by Crippen LogP contribution is -2.13. The molecule has 2 rings (SSSR count). The SMILES string of the molecule is CC(=O)CCCCCC(=O)Nc1nc(C)c(C(=O)Nc2c(C)cc(C)cc2C)s1. The van der Waals surface area contributed by atoms with Crippen molar-refractivity contribution in [2.24, 2.45) is 0 Å². The molecule has 0 atom stereocenters. The predicted molar refractivity (Wildman–Crippen MR) is 118 cm³/mol. The number of amides is 2. The zero-order valence-corrected chi connectivity index (χ0v) is 18.6. The second-order valence-corrected chi connectivity index (χ2v) is 8.47. The van der Waals surface area contributed by atoms with Crippen LogP contribution in [-0.2, 0) is 9.59 Å². The summed E-state index contributed by atoms with van der Waals surface area (Å²) in [5.74, 6) is -0.173. The van der Waals surface area contributed by atoms with E-state index in [4.69, 9.17) is 0 Å². The third-order valence-electron chi connectivity index (χ3n) is 4.60. The number of Topliss-reactive ketones (excluding diaryl/α,β-unsaturated/α-hetero) is 1. The van der Waals surface area contributed by atoms with Gasteiger partial charge in [-0.3, -0.25) is 9.59 Å². The monoisotopic (exact) mass is 415 g/mol. The fourth-order valence-corrected chi connectivity index (χ4v) is 4.10. The second-order valence-electron chi connectivity index (χ2n) is 7.47. The van der Waals surface area contributed by atoms with Gasteiger partial charge >= 0.3 is 0 Å². The summed E-state index contributed by atoms with van der Waals surface area (Å²) in [7, 11) is 0. The number of rotatable bonds is 9. The van der Waals surface area contributed by atoms with Crippen molar-refractivity contribution in [2.75, 3.05) is 10.6 Å². The summed E-state index contributed by atoms with van der Waals surface area (Å²) in [6.07, 6.45) is 3.31. The Labute approximate surface area is 176 Å². The molecule has 2 aromatic rings. The Balaban J connectivity index is 1.95. The molecule has 0 bridgehead atoms. The summed E-state index contributed by atoms with van der Waals surface area (Å²) in [6, 6.07) is 4.06. The Hall–Kier alpha value is -2.54. The van der Waals surface area contributed by atoms with Crippen LogP contribution in [0.25, 0.3) is 0 Å². The number of carbonyl (C=O) groups excluding carboxylic acids is 3. The van der Waals surface area contributed by atoms with Crippen molar-refractivity contribution in [3.8, 4) is 0 Å². The maximum Gasteiger partial charge on any atom is 0.267 e. The van der Waals surface area contributed by atoms with Crippen molar-refractivity contribution >= 4 is 39.8 Å². The van der Waals surface area contributed by atoms with Crippen LogP contribution in [0.2, 0.25) is 0 Å². The number of nitrogens with zero attached hydrogens (tertiary/aromatic N) is 1. The number of unbranched alkanes of at least 4 members (excludes halogenated alkanes) is 2. The first kappa shape index (κ1) is 22.7. The van der Waals surface area contributed by atoms with Crippen molar-refractivity contribution < 1.29 is 14.4 Å². The molecule has 0 spiro atoms. The number of aryl methyl sites for hydroxylation is 4. The van der Waals surface area contributed by atoms with Gasteiger partial charge < -0.3 is 15.4 Å². The Morgan fingerprint density at radius 1 is 0.931 bits per heavy atom. The number of aromatic nitrogens is 1. The molecule has 0 radical (unpaired) electrons. The molecule has 0 aliphatic carbocycles. The van der Waals surface area contributed by atoms with E-state index in [0.717, 1.165) is 41.6 Å². The fourth-order valence-electron chi connectivity index (χ4n) is 3.23. The highest BCUT2D eigenvalue weighted by atomic mass is 32.1. The molecule has 29 heavy (non-hydrogen) atoms. The molecule has 1 heterocycles. The fraction of sp³-hybridized carbons (Fsp3) is 0.455. The van der Waals surface area contributed by atoms with E-state index in [-0.39, 0.29) is 17.6 Å². The molecule has 2 amide bonds. The second kappa shape index (κ2) is 10.3. The van der Waals surface area contributed by atoms with Crippen LogP contribution in [0, 0.1) is 27.7 Å². The standard InChI is InChI=1S/C22H29N3O3S/c1-13-11-14(2)19(15(3)12-13)25-21(28)20-17(5)23-22(29-20)24-18(27)10-8-6-7-9-16(4)26/h11-12H,6-10H2,1-5H3,(H,25,28)(H,23,24,27). The molecule has 0 saturated heterocycles. The quantitative estimate of drug-likeness (QED) is 0.557. The van der Waals surface area contributed by atoms with Gasteiger partial charge in [-0.15, -0.1) is 0 Å². The highest BCUT2D eigenvalue weighted by Crippen LogP contribution is 2.27. The third-order valence-corrected chi connectivity index (χ3v) is 5.67. The van der Waals surface area contributed by atoms with E-state index in [9.17, 15) is 14.4 Å². The van der Waals surface area contributed by atoms with Crippen molar-refractivity contribution in [3.63, 3.8) is 0 Å². The average molecular weight is 416 g/mol. The van der Waals surface area contributed by atoms with Crippen LogP contribution in [0.5, 0.6) is 0 Å². The number of thiazole rings is 1. The number of carbonyl (C=O) groups is 3. The first-order chi connectivity index (χ1) is 13.7. The van der Waals surface area contributed by atoms with Crippen LogP contribution in [0.15, 0.2) is 12.1 Å². The van der Waals surface area contributed by atoms with E-state index in [1.807, 2.05) is 32.9 Å². The van der Waals surface area contributed by atoms with Gasteiger partial charge in [0.2, 0.25) is 5.91 Å². The first-order valence-corrected chi connectivity index (χ1v) is 10.6. The van der Waals surface area contributed by atoms with E-state index < -0.39 is 0 Å². The van der Waals surface area contributed by atoms with Crippen molar-refractivity contribution in [2.45, 2.75) is 66.7 Å². The Morgan fingerprint density at radius 2 is 1.55 bits per heavy atom. The lowest BCUT2D eigenvalue weighted by molar-refractivity contribution is -0.117. The molecule has 0 aliphatic heterocycles. The minimum absolute atomic E-state index is 0.126. The van der Waals surface area contributed by atoms with Crippen molar-refractivity contribution in [3.05, 3.63) is 39.4 Å². The van der Waals surface area contributed by atoms with Gasteiger partial charge in [0.25, 0.3) is 5.91 Å². The predicted octanol–water partition coefficient (Wildman–Crippen LogP) is 5.11. The lowest BCUT2D eigenvalue weighted by atomic mass is 10.1. The molecule has 6 nitrogen and oxygen atoms in total. The number of hydrogen-bond donors (Lipinski definition) is 2.